The highest BCUT2D eigenvalue weighted by Gasteiger charge is 2.32. The van der Waals surface area contributed by atoms with Crippen LogP contribution in [-0.2, 0) is 0 Å². The van der Waals surface area contributed by atoms with Gasteiger partial charge in [-0.15, -0.1) is 0 Å². The Morgan fingerprint density at radius 3 is 2.74 bits per heavy atom. The van der Waals surface area contributed by atoms with Crippen LogP contribution >= 0.6 is 11.6 Å². The van der Waals surface area contributed by atoms with Crippen molar-refractivity contribution in [1.82, 2.24) is 0 Å². The summed E-state index contributed by atoms with van der Waals surface area (Å²) in [6.07, 6.45) is 0. The number of hydrogen-bond acceptors (Lipinski definition) is 5. The number of benzene rings is 3. The van der Waals surface area contributed by atoms with Crippen LogP contribution in [0.2, 0.25) is 5.02 Å². The summed E-state index contributed by atoms with van der Waals surface area (Å²) in [6.45, 7) is 0. The molecule has 1 heterocycles. The monoisotopic (exact) mass is 378 g/mol. The third-order valence-electron chi connectivity index (χ3n) is 4.71. The van der Waals surface area contributed by atoms with Crippen LogP contribution in [-0.4, -0.2) is 12.2 Å². The van der Waals surface area contributed by atoms with E-state index < -0.39 is 5.92 Å². The van der Waals surface area contributed by atoms with E-state index >= 15 is 0 Å². The fourth-order valence-corrected chi connectivity index (χ4v) is 3.66. The third kappa shape index (κ3) is 2.62. The van der Waals surface area contributed by atoms with Gasteiger partial charge in [0.2, 0.25) is 5.88 Å². The van der Waals surface area contributed by atoms with Gasteiger partial charge in [0, 0.05) is 10.9 Å². The van der Waals surface area contributed by atoms with Gasteiger partial charge in [0.25, 0.3) is 0 Å². The predicted molar refractivity (Wildman–Crippen MR) is 103 cm³/mol. The van der Waals surface area contributed by atoms with Crippen molar-refractivity contribution in [1.29, 1.82) is 5.26 Å². The molecule has 3 aromatic rings. The van der Waals surface area contributed by atoms with Crippen molar-refractivity contribution in [3.05, 3.63) is 76.1 Å². The van der Waals surface area contributed by atoms with Gasteiger partial charge in [-0.05, 0) is 23.1 Å². The van der Waals surface area contributed by atoms with Crippen LogP contribution in [0.5, 0.6) is 17.2 Å². The molecule has 6 heteroatoms. The Kier molecular flexibility index (Phi) is 4.06. The molecule has 5 nitrogen and oxygen atoms in total. The molecule has 134 valence electrons. The maximum atomic E-state index is 10.0. The fraction of sp³-hybridized carbons (Fsp3) is 0.0952. The average molecular weight is 379 g/mol. The molecule has 1 unspecified atom stereocenters. The number of fused-ring (bicyclic) bond motifs is 3. The van der Waals surface area contributed by atoms with Gasteiger partial charge >= 0.3 is 0 Å². The van der Waals surface area contributed by atoms with E-state index in [1.165, 1.54) is 7.11 Å². The molecular weight excluding hydrogens is 364 g/mol. The molecule has 27 heavy (non-hydrogen) atoms. The largest absolute Gasteiger partial charge is 0.503 e. The Balaban J connectivity index is 2.02. The smallest absolute Gasteiger partial charge is 0.205 e. The van der Waals surface area contributed by atoms with E-state index in [1.54, 1.807) is 12.1 Å². The molecule has 0 saturated carbocycles. The van der Waals surface area contributed by atoms with E-state index in [-0.39, 0.29) is 28.0 Å². The number of aromatic hydroxyl groups is 1. The number of nitriles is 1. The predicted octanol–water partition coefficient (Wildman–Crippen LogP) is 4.43. The van der Waals surface area contributed by atoms with Crippen LogP contribution < -0.4 is 15.2 Å². The molecule has 0 fully saturated rings. The Morgan fingerprint density at radius 1 is 1.22 bits per heavy atom. The summed E-state index contributed by atoms with van der Waals surface area (Å²) in [6, 6.07) is 17.1. The first-order chi connectivity index (χ1) is 13.0. The minimum absolute atomic E-state index is 0.0505. The van der Waals surface area contributed by atoms with Crippen LogP contribution in [0.1, 0.15) is 17.0 Å². The first kappa shape index (κ1) is 17.1. The van der Waals surface area contributed by atoms with E-state index in [4.69, 9.17) is 26.8 Å². The summed E-state index contributed by atoms with van der Waals surface area (Å²) in [7, 11) is 1.44. The van der Waals surface area contributed by atoms with E-state index in [9.17, 15) is 10.4 Å². The average Bonchev–Trinajstić information content (AvgIpc) is 2.68. The lowest BCUT2D eigenvalue weighted by molar-refractivity contribution is 0.372. The maximum Gasteiger partial charge on any atom is 0.205 e. The van der Waals surface area contributed by atoms with E-state index in [1.807, 2.05) is 36.4 Å². The second-order valence-corrected chi connectivity index (χ2v) is 6.59. The Hall–Kier alpha value is -3.36. The van der Waals surface area contributed by atoms with Crippen molar-refractivity contribution in [2.45, 2.75) is 5.92 Å². The molecule has 0 saturated heterocycles. The minimum Gasteiger partial charge on any atom is -0.503 e. The van der Waals surface area contributed by atoms with Crippen molar-refractivity contribution in [2.24, 2.45) is 5.73 Å². The molecule has 1 aliphatic heterocycles. The zero-order chi connectivity index (χ0) is 19.1. The molecule has 4 rings (SSSR count). The van der Waals surface area contributed by atoms with Crippen molar-refractivity contribution in [3.8, 4) is 23.3 Å². The molecule has 0 bridgehead atoms. The molecule has 1 atom stereocenters. The summed E-state index contributed by atoms with van der Waals surface area (Å²) in [5.74, 6) is 0.244. The standard InChI is InChI=1S/C21H15ClN2O3/c1-26-17-9-12(8-16(22)19(17)25)18-14-7-6-11-4-2-3-5-13(11)20(14)27-21(24)15(18)10-23/h2-9,18,25H,24H2,1H3. The summed E-state index contributed by atoms with van der Waals surface area (Å²) < 4.78 is 11.0. The quantitative estimate of drug-likeness (QED) is 0.688. The van der Waals surface area contributed by atoms with Gasteiger partial charge in [0.15, 0.2) is 11.5 Å². The van der Waals surface area contributed by atoms with Crippen LogP contribution in [0.3, 0.4) is 0 Å². The molecule has 3 N–H and O–H groups in total. The normalized spacial score (nSPS) is 15.8. The summed E-state index contributed by atoms with van der Waals surface area (Å²) >= 11 is 6.17. The highest BCUT2D eigenvalue weighted by molar-refractivity contribution is 6.32. The molecule has 0 aromatic heterocycles. The van der Waals surface area contributed by atoms with E-state index in [0.29, 0.717) is 11.3 Å². The van der Waals surface area contributed by atoms with Gasteiger partial charge in [-0.1, -0.05) is 48.0 Å². The van der Waals surface area contributed by atoms with Crippen molar-refractivity contribution in [3.63, 3.8) is 0 Å². The van der Waals surface area contributed by atoms with Gasteiger partial charge in [-0.3, -0.25) is 0 Å². The second-order valence-electron chi connectivity index (χ2n) is 6.18. The maximum absolute atomic E-state index is 10.0. The number of halogens is 1. The first-order valence-corrected chi connectivity index (χ1v) is 8.58. The minimum atomic E-state index is -0.490. The molecule has 0 spiro atoms. The van der Waals surface area contributed by atoms with Crippen molar-refractivity contribution >= 4 is 22.4 Å². The molecular formula is C21H15ClN2O3. The summed E-state index contributed by atoms with van der Waals surface area (Å²) in [4.78, 5) is 0. The van der Waals surface area contributed by atoms with E-state index in [0.717, 1.165) is 16.3 Å². The molecule has 0 amide bonds. The van der Waals surface area contributed by atoms with Crippen molar-refractivity contribution < 1.29 is 14.6 Å². The zero-order valence-corrected chi connectivity index (χ0v) is 15.1. The van der Waals surface area contributed by atoms with Crippen LogP contribution in [0, 0.1) is 11.3 Å². The number of phenols is 1. The highest BCUT2D eigenvalue weighted by Crippen LogP contribution is 2.47. The first-order valence-electron chi connectivity index (χ1n) is 8.20. The summed E-state index contributed by atoms with van der Waals surface area (Å²) in [5.41, 5.74) is 7.83. The Labute approximate surface area is 160 Å². The van der Waals surface area contributed by atoms with Gasteiger partial charge in [0.1, 0.15) is 17.4 Å². The third-order valence-corrected chi connectivity index (χ3v) is 5.00. The van der Waals surface area contributed by atoms with Gasteiger partial charge < -0.3 is 20.3 Å². The number of methoxy groups -OCH3 is 1. The van der Waals surface area contributed by atoms with Crippen LogP contribution in [0.4, 0.5) is 0 Å². The number of nitrogens with two attached hydrogens (primary N) is 1. The van der Waals surface area contributed by atoms with E-state index in [2.05, 4.69) is 6.07 Å². The van der Waals surface area contributed by atoms with Gasteiger partial charge in [0.05, 0.1) is 18.1 Å². The van der Waals surface area contributed by atoms with Crippen LogP contribution in [0.25, 0.3) is 10.8 Å². The molecule has 1 aliphatic rings. The lowest BCUT2D eigenvalue weighted by atomic mass is 9.82. The highest BCUT2D eigenvalue weighted by atomic mass is 35.5. The lowest BCUT2D eigenvalue weighted by Gasteiger charge is -2.28. The SMILES string of the molecule is COc1cc(C2C(C#N)=C(N)Oc3c2ccc2ccccc32)cc(Cl)c1O. The van der Waals surface area contributed by atoms with Gasteiger partial charge in [-0.25, -0.2) is 0 Å². The molecule has 0 aliphatic carbocycles. The Morgan fingerprint density at radius 2 is 2.00 bits per heavy atom. The topological polar surface area (TPSA) is 88.5 Å². The number of ether oxygens (including phenoxy) is 2. The number of phenolic OH excluding ortho intramolecular Hbond substituents is 1. The number of allylic oxidation sites excluding steroid dienone is 1. The molecule has 0 radical (unpaired) electrons. The fourth-order valence-electron chi connectivity index (χ4n) is 3.45. The second kappa shape index (κ2) is 6.42. The zero-order valence-electron chi connectivity index (χ0n) is 14.4. The Bertz CT molecular complexity index is 1150. The number of hydrogen-bond donors (Lipinski definition) is 2. The summed E-state index contributed by atoms with van der Waals surface area (Å²) in [5, 5.41) is 21.8. The number of rotatable bonds is 2. The lowest BCUT2D eigenvalue weighted by Crippen LogP contribution is -2.21. The van der Waals surface area contributed by atoms with Gasteiger partial charge in [-0.2, -0.15) is 5.26 Å². The number of nitrogens with zero attached hydrogens (tertiary/aromatic N) is 1. The van der Waals surface area contributed by atoms with Crippen LogP contribution in [0.15, 0.2) is 60.0 Å². The molecule has 3 aromatic carbocycles. The van der Waals surface area contributed by atoms with Crippen molar-refractivity contribution in [2.75, 3.05) is 7.11 Å².